The first-order chi connectivity index (χ1) is 10.0. The van der Waals surface area contributed by atoms with Gasteiger partial charge in [-0.05, 0) is 72.6 Å². The van der Waals surface area contributed by atoms with Gasteiger partial charge >= 0.3 is 0 Å². The van der Waals surface area contributed by atoms with Gasteiger partial charge in [-0.1, -0.05) is 25.1 Å². The predicted octanol–water partition coefficient (Wildman–Crippen LogP) is 3.78. The molecule has 2 heteroatoms. The normalized spacial score (nSPS) is 41.3. The van der Waals surface area contributed by atoms with Crippen LogP contribution in [-0.2, 0) is 6.42 Å². The Labute approximate surface area is 126 Å². The first-order valence-corrected chi connectivity index (χ1v) is 8.19. The topological polar surface area (TPSA) is 40.5 Å². The van der Waals surface area contributed by atoms with Crippen molar-refractivity contribution in [1.29, 1.82) is 0 Å². The summed E-state index contributed by atoms with van der Waals surface area (Å²) in [4.78, 5) is 0. The summed E-state index contributed by atoms with van der Waals surface area (Å²) >= 11 is 0. The maximum atomic E-state index is 10.8. The Morgan fingerprint density at radius 3 is 2.86 bits per heavy atom. The van der Waals surface area contributed by atoms with Crippen molar-refractivity contribution in [3.05, 3.63) is 41.5 Å². The summed E-state index contributed by atoms with van der Waals surface area (Å²) in [5, 5.41) is 20.5. The summed E-state index contributed by atoms with van der Waals surface area (Å²) in [5.41, 5.74) is 3.99. The van der Waals surface area contributed by atoms with E-state index in [1.54, 1.807) is 6.07 Å². The number of fused-ring (bicyclic) bond motifs is 5. The number of phenols is 1. The Bertz CT molecular complexity index is 606. The number of aromatic hydroxyl groups is 1. The Morgan fingerprint density at radius 2 is 2.05 bits per heavy atom. The lowest BCUT2D eigenvalue weighted by Gasteiger charge is -2.51. The average molecular weight is 284 g/mol. The van der Waals surface area contributed by atoms with Gasteiger partial charge in [-0.25, -0.2) is 0 Å². The van der Waals surface area contributed by atoms with Crippen LogP contribution in [0.5, 0.6) is 5.75 Å². The van der Waals surface area contributed by atoms with Crippen molar-refractivity contribution in [2.24, 2.45) is 17.3 Å². The van der Waals surface area contributed by atoms with Crippen molar-refractivity contribution in [1.82, 2.24) is 0 Å². The maximum absolute atomic E-state index is 10.8. The van der Waals surface area contributed by atoms with Crippen LogP contribution in [0.25, 0.3) is 0 Å². The average Bonchev–Trinajstić information content (AvgIpc) is 2.74. The van der Waals surface area contributed by atoms with Gasteiger partial charge in [0.25, 0.3) is 0 Å². The molecule has 2 saturated carbocycles. The summed E-state index contributed by atoms with van der Waals surface area (Å²) in [6, 6.07) is 5.70. The monoisotopic (exact) mass is 284 g/mol. The van der Waals surface area contributed by atoms with Crippen LogP contribution < -0.4 is 0 Å². The zero-order valence-corrected chi connectivity index (χ0v) is 12.7. The lowest BCUT2D eigenvalue weighted by molar-refractivity contribution is -0.0239. The molecule has 2 fully saturated rings. The molecule has 0 amide bonds. The van der Waals surface area contributed by atoms with E-state index < -0.39 is 0 Å². The highest BCUT2D eigenvalue weighted by Crippen LogP contribution is 2.62. The molecule has 0 heterocycles. The Kier molecular flexibility index (Phi) is 2.78. The van der Waals surface area contributed by atoms with Gasteiger partial charge in [-0.15, -0.1) is 0 Å². The number of hydrogen-bond acceptors (Lipinski definition) is 2. The lowest BCUT2D eigenvalue weighted by Crippen LogP contribution is -2.47. The van der Waals surface area contributed by atoms with Crippen LogP contribution in [0.3, 0.4) is 0 Å². The lowest BCUT2D eigenvalue weighted by atomic mass is 9.54. The van der Waals surface area contributed by atoms with E-state index in [9.17, 15) is 10.2 Å². The molecule has 0 radical (unpaired) electrons. The van der Waals surface area contributed by atoms with Crippen molar-refractivity contribution >= 4 is 0 Å². The molecule has 3 aliphatic carbocycles. The molecular formula is C19H24O2. The van der Waals surface area contributed by atoms with Crippen LogP contribution in [0.4, 0.5) is 0 Å². The number of aryl methyl sites for hydroxylation is 1. The van der Waals surface area contributed by atoms with Gasteiger partial charge in [0, 0.05) is 5.92 Å². The fourth-order valence-electron chi connectivity index (χ4n) is 5.55. The second-order valence-corrected chi connectivity index (χ2v) is 7.55. The van der Waals surface area contributed by atoms with Gasteiger partial charge in [-0.3, -0.25) is 0 Å². The molecule has 112 valence electrons. The second-order valence-electron chi connectivity index (χ2n) is 7.55. The fourth-order valence-corrected chi connectivity index (χ4v) is 5.55. The molecule has 0 spiro atoms. The molecule has 4 rings (SSSR count). The maximum Gasteiger partial charge on any atom is 0.115 e. The van der Waals surface area contributed by atoms with Crippen molar-refractivity contribution in [3.8, 4) is 5.75 Å². The third kappa shape index (κ3) is 1.75. The highest BCUT2D eigenvalue weighted by Gasteiger charge is 2.55. The Morgan fingerprint density at radius 1 is 1.24 bits per heavy atom. The number of benzene rings is 1. The SMILES string of the molecule is C=C1CC[C@H]2[C@@H]3CCc4cc(O)ccc4[C@H]3[C@@H](O)C[C@]12C. The summed E-state index contributed by atoms with van der Waals surface area (Å²) in [6.07, 6.45) is 5.08. The van der Waals surface area contributed by atoms with Gasteiger partial charge in [0.15, 0.2) is 0 Å². The van der Waals surface area contributed by atoms with E-state index in [0.29, 0.717) is 17.6 Å². The summed E-state index contributed by atoms with van der Waals surface area (Å²) in [5.74, 6) is 1.82. The predicted molar refractivity (Wildman–Crippen MR) is 83.3 cm³/mol. The van der Waals surface area contributed by atoms with Crippen LogP contribution in [0.15, 0.2) is 30.4 Å². The van der Waals surface area contributed by atoms with Gasteiger partial charge < -0.3 is 10.2 Å². The highest BCUT2D eigenvalue weighted by molar-refractivity contribution is 5.41. The molecule has 0 aliphatic heterocycles. The van der Waals surface area contributed by atoms with Gasteiger partial charge in [-0.2, -0.15) is 0 Å². The third-order valence-corrected chi connectivity index (χ3v) is 6.64. The fraction of sp³-hybridized carbons (Fsp3) is 0.579. The van der Waals surface area contributed by atoms with Gasteiger partial charge in [0.2, 0.25) is 0 Å². The highest BCUT2D eigenvalue weighted by atomic mass is 16.3. The molecule has 0 unspecified atom stereocenters. The second kappa shape index (κ2) is 4.36. The van der Waals surface area contributed by atoms with Gasteiger partial charge in [0.1, 0.15) is 5.75 Å². The number of allylic oxidation sites excluding steroid dienone is 1. The first kappa shape index (κ1) is 13.4. The van der Waals surface area contributed by atoms with E-state index in [0.717, 1.165) is 25.7 Å². The van der Waals surface area contributed by atoms with Crippen LogP contribution in [0.2, 0.25) is 0 Å². The molecule has 0 saturated heterocycles. The zero-order chi connectivity index (χ0) is 14.8. The molecule has 1 aromatic carbocycles. The molecule has 5 atom stereocenters. The van der Waals surface area contributed by atoms with E-state index in [4.69, 9.17) is 0 Å². The minimum Gasteiger partial charge on any atom is -0.508 e. The molecule has 21 heavy (non-hydrogen) atoms. The molecular weight excluding hydrogens is 260 g/mol. The van der Waals surface area contributed by atoms with Crippen molar-refractivity contribution < 1.29 is 10.2 Å². The zero-order valence-electron chi connectivity index (χ0n) is 12.7. The van der Waals surface area contributed by atoms with E-state index >= 15 is 0 Å². The van der Waals surface area contributed by atoms with Gasteiger partial charge in [0.05, 0.1) is 6.10 Å². The third-order valence-electron chi connectivity index (χ3n) is 6.64. The smallest absolute Gasteiger partial charge is 0.115 e. The van der Waals surface area contributed by atoms with E-state index in [-0.39, 0.29) is 17.4 Å². The molecule has 0 bridgehead atoms. The van der Waals surface area contributed by atoms with Crippen LogP contribution in [0, 0.1) is 17.3 Å². The summed E-state index contributed by atoms with van der Waals surface area (Å²) < 4.78 is 0. The van der Waals surface area contributed by atoms with Crippen molar-refractivity contribution in [2.75, 3.05) is 0 Å². The van der Waals surface area contributed by atoms with Crippen molar-refractivity contribution in [3.63, 3.8) is 0 Å². The van der Waals surface area contributed by atoms with Crippen molar-refractivity contribution in [2.45, 2.75) is 51.0 Å². The number of hydrogen-bond donors (Lipinski definition) is 2. The Hall–Kier alpha value is -1.28. The quantitative estimate of drug-likeness (QED) is 0.712. The minimum absolute atomic E-state index is 0.134. The van der Waals surface area contributed by atoms with Crippen LogP contribution in [-0.4, -0.2) is 16.3 Å². The van der Waals surface area contributed by atoms with Crippen LogP contribution in [0.1, 0.15) is 49.7 Å². The summed E-state index contributed by atoms with van der Waals surface area (Å²) in [7, 11) is 0. The van der Waals surface area contributed by atoms with E-state index in [1.807, 2.05) is 12.1 Å². The van der Waals surface area contributed by atoms with E-state index in [2.05, 4.69) is 13.5 Å². The minimum atomic E-state index is -0.283. The number of aliphatic hydroxyl groups excluding tert-OH is 1. The largest absolute Gasteiger partial charge is 0.508 e. The number of rotatable bonds is 0. The molecule has 2 nitrogen and oxygen atoms in total. The molecule has 1 aromatic rings. The number of phenolic OH excluding ortho intramolecular Hbond substituents is 1. The molecule has 3 aliphatic rings. The summed E-state index contributed by atoms with van der Waals surface area (Å²) in [6.45, 7) is 6.61. The standard InChI is InChI=1S/C19H24O2/c1-11-3-8-16-15-6-4-12-9-13(20)5-7-14(12)18(15)17(21)10-19(11,16)2/h5,7,9,15-18,20-21H,1,3-4,6,8,10H2,2H3/t15-,16-,17-,18+,19+/m0/s1. The Balaban J connectivity index is 1.78. The number of aliphatic hydroxyl groups is 1. The molecule has 0 aromatic heterocycles. The van der Waals surface area contributed by atoms with E-state index in [1.165, 1.54) is 23.1 Å². The molecule has 2 N–H and O–H groups in total. The van der Waals surface area contributed by atoms with Crippen LogP contribution >= 0.6 is 0 Å². The first-order valence-electron chi connectivity index (χ1n) is 8.19.